The van der Waals surface area contributed by atoms with E-state index >= 15 is 0 Å². The molecule has 104 valence electrons. The first-order valence-electron chi connectivity index (χ1n) is 6.42. The molecule has 0 bridgehead atoms. The first-order valence-corrected chi connectivity index (χ1v) is 7.30. The SMILES string of the molecule is CNC(COC)(c1nc(C(C)(C)C)cs1)C(C)C. The molecule has 1 unspecified atom stereocenters. The van der Waals surface area contributed by atoms with E-state index in [-0.39, 0.29) is 11.0 Å². The van der Waals surface area contributed by atoms with E-state index in [0.717, 1.165) is 10.7 Å². The van der Waals surface area contributed by atoms with Crippen LogP contribution in [0, 0.1) is 5.92 Å². The maximum absolute atomic E-state index is 5.41. The third kappa shape index (κ3) is 2.92. The summed E-state index contributed by atoms with van der Waals surface area (Å²) in [6, 6.07) is 0. The highest BCUT2D eigenvalue weighted by atomic mass is 32.1. The van der Waals surface area contributed by atoms with Crippen LogP contribution in [-0.4, -0.2) is 25.7 Å². The topological polar surface area (TPSA) is 34.1 Å². The number of ether oxygens (including phenoxy) is 1. The van der Waals surface area contributed by atoms with Crippen molar-refractivity contribution in [1.82, 2.24) is 10.3 Å². The lowest BCUT2D eigenvalue weighted by Crippen LogP contribution is -2.48. The van der Waals surface area contributed by atoms with Crippen molar-refractivity contribution >= 4 is 11.3 Å². The molecule has 1 N–H and O–H groups in total. The third-order valence-corrected chi connectivity index (χ3v) is 4.48. The molecule has 0 aliphatic rings. The van der Waals surface area contributed by atoms with E-state index in [1.807, 2.05) is 7.05 Å². The van der Waals surface area contributed by atoms with Gasteiger partial charge in [0.05, 0.1) is 17.8 Å². The van der Waals surface area contributed by atoms with Gasteiger partial charge in [0.15, 0.2) is 0 Å². The van der Waals surface area contributed by atoms with Crippen LogP contribution in [0.25, 0.3) is 0 Å². The normalized spacial score (nSPS) is 16.0. The fourth-order valence-corrected chi connectivity index (χ4v) is 3.38. The van der Waals surface area contributed by atoms with E-state index in [4.69, 9.17) is 9.72 Å². The Morgan fingerprint density at radius 3 is 2.33 bits per heavy atom. The number of thiazole rings is 1. The highest BCUT2D eigenvalue weighted by molar-refractivity contribution is 7.09. The summed E-state index contributed by atoms with van der Waals surface area (Å²) < 4.78 is 5.41. The Morgan fingerprint density at radius 2 is 2.00 bits per heavy atom. The highest BCUT2D eigenvalue weighted by Gasteiger charge is 2.37. The van der Waals surface area contributed by atoms with Crippen molar-refractivity contribution in [2.24, 2.45) is 5.92 Å². The molecule has 4 heteroatoms. The molecule has 0 aliphatic heterocycles. The number of hydrogen-bond acceptors (Lipinski definition) is 4. The quantitative estimate of drug-likeness (QED) is 0.892. The molecule has 0 saturated carbocycles. The Labute approximate surface area is 115 Å². The van der Waals surface area contributed by atoms with Gasteiger partial charge in [0.1, 0.15) is 5.01 Å². The van der Waals surface area contributed by atoms with Gasteiger partial charge in [-0.1, -0.05) is 34.6 Å². The molecule has 1 heterocycles. The van der Waals surface area contributed by atoms with Crippen molar-refractivity contribution in [3.63, 3.8) is 0 Å². The number of nitrogens with zero attached hydrogens (tertiary/aromatic N) is 1. The zero-order valence-corrected chi connectivity index (χ0v) is 13.4. The summed E-state index contributed by atoms with van der Waals surface area (Å²) >= 11 is 1.72. The van der Waals surface area contributed by atoms with Crippen LogP contribution in [0.5, 0.6) is 0 Å². The first kappa shape index (κ1) is 15.6. The van der Waals surface area contributed by atoms with E-state index in [1.54, 1.807) is 18.4 Å². The van der Waals surface area contributed by atoms with Gasteiger partial charge >= 0.3 is 0 Å². The molecule has 1 atom stereocenters. The lowest BCUT2D eigenvalue weighted by molar-refractivity contribution is 0.0817. The summed E-state index contributed by atoms with van der Waals surface area (Å²) in [6.45, 7) is 11.6. The predicted molar refractivity (Wildman–Crippen MR) is 78.3 cm³/mol. The van der Waals surface area contributed by atoms with Gasteiger partial charge < -0.3 is 10.1 Å². The molecule has 0 amide bonds. The van der Waals surface area contributed by atoms with Crippen LogP contribution in [0.3, 0.4) is 0 Å². The van der Waals surface area contributed by atoms with Gasteiger partial charge in [-0.2, -0.15) is 0 Å². The van der Waals surface area contributed by atoms with Crippen LogP contribution in [-0.2, 0) is 15.7 Å². The van der Waals surface area contributed by atoms with Gasteiger partial charge in [-0.05, 0) is 13.0 Å². The second kappa shape index (κ2) is 5.68. The Hall–Kier alpha value is -0.450. The van der Waals surface area contributed by atoms with Crippen LogP contribution in [0.1, 0.15) is 45.3 Å². The second-order valence-corrected chi connectivity index (χ2v) is 6.96. The van der Waals surface area contributed by atoms with Crippen molar-refractivity contribution in [2.75, 3.05) is 20.8 Å². The number of aromatic nitrogens is 1. The summed E-state index contributed by atoms with van der Waals surface area (Å²) in [5, 5.41) is 6.70. The zero-order chi connectivity index (χ0) is 14.0. The molecule has 0 fully saturated rings. The summed E-state index contributed by atoms with van der Waals surface area (Å²) in [6.07, 6.45) is 0. The number of hydrogen-bond donors (Lipinski definition) is 1. The average molecular weight is 270 g/mol. The molecular formula is C14H26N2OS. The molecular weight excluding hydrogens is 244 g/mol. The maximum atomic E-state index is 5.41. The van der Waals surface area contributed by atoms with Crippen LogP contribution < -0.4 is 5.32 Å². The van der Waals surface area contributed by atoms with Gasteiger partial charge in [0, 0.05) is 17.9 Å². The van der Waals surface area contributed by atoms with E-state index in [0.29, 0.717) is 12.5 Å². The van der Waals surface area contributed by atoms with Gasteiger partial charge in [-0.3, -0.25) is 0 Å². The van der Waals surface area contributed by atoms with Gasteiger partial charge in [-0.25, -0.2) is 4.98 Å². The van der Waals surface area contributed by atoms with Crippen molar-refractivity contribution in [1.29, 1.82) is 0 Å². The van der Waals surface area contributed by atoms with E-state index in [1.165, 1.54) is 0 Å². The van der Waals surface area contributed by atoms with Gasteiger partial charge in [-0.15, -0.1) is 11.3 Å². The second-order valence-electron chi connectivity index (χ2n) is 6.10. The molecule has 18 heavy (non-hydrogen) atoms. The summed E-state index contributed by atoms with van der Waals surface area (Å²) in [4.78, 5) is 4.84. The fourth-order valence-electron chi connectivity index (χ4n) is 1.99. The Bertz CT molecular complexity index is 381. The smallest absolute Gasteiger partial charge is 0.116 e. The largest absolute Gasteiger partial charge is 0.382 e. The first-order chi connectivity index (χ1) is 8.28. The Kier molecular flexibility index (Phi) is 4.92. The molecule has 3 nitrogen and oxygen atoms in total. The Morgan fingerprint density at radius 1 is 1.39 bits per heavy atom. The summed E-state index contributed by atoms with van der Waals surface area (Å²) in [5.74, 6) is 0.418. The third-order valence-electron chi connectivity index (χ3n) is 3.46. The molecule has 0 saturated heterocycles. The summed E-state index contributed by atoms with van der Waals surface area (Å²) in [5.41, 5.74) is 1.06. The van der Waals surface area contributed by atoms with Crippen LogP contribution >= 0.6 is 11.3 Å². The minimum Gasteiger partial charge on any atom is -0.382 e. The minimum absolute atomic E-state index is 0.0955. The monoisotopic (exact) mass is 270 g/mol. The highest BCUT2D eigenvalue weighted by Crippen LogP contribution is 2.34. The number of likely N-dealkylation sites (N-methyl/N-ethyl adjacent to an activating group) is 1. The van der Waals surface area contributed by atoms with Crippen molar-refractivity contribution in [2.45, 2.75) is 45.6 Å². The number of methoxy groups -OCH3 is 1. The Balaban J connectivity index is 3.18. The fraction of sp³-hybridized carbons (Fsp3) is 0.786. The van der Waals surface area contributed by atoms with E-state index in [2.05, 4.69) is 45.3 Å². The van der Waals surface area contributed by atoms with Crippen LogP contribution in [0.15, 0.2) is 5.38 Å². The van der Waals surface area contributed by atoms with Gasteiger partial charge in [0.25, 0.3) is 0 Å². The number of nitrogens with one attached hydrogen (secondary N) is 1. The lowest BCUT2D eigenvalue weighted by Gasteiger charge is -2.35. The number of rotatable bonds is 5. The van der Waals surface area contributed by atoms with Crippen molar-refractivity contribution < 1.29 is 4.74 Å². The van der Waals surface area contributed by atoms with Crippen LogP contribution in [0.2, 0.25) is 0 Å². The predicted octanol–water partition coefficient (Wildman–Crippen LogP) is 3.16. The van der Waals surface area contributed by atoms with Crippen molar-refractivity contribution in [3.8, 4) is 0 Å². The summed E-state index contributed by atoms with van der Waals surface area (Å²) in [7, 11) is 3.73. The molecule has 0 aromatic carbocycles. The standard InChI is InChI=1S/C14H26N2OS/c1-10(2)14(15-6,9-17-7)12-16-11(8-18-12)13(3,4)5/h8,10,15H,9H2,1-7H3. The minimum atomic E-state index is -0.192. The molecule has 0 aliphatic carbocycles. The molecule has 0 spiro atoms. The average Bonchev–Trinajstić information content (AvgIpc) is 2.74. The van der Waals surface area contributed by atoms with Crippen LogP contribution in [0.4, 0.5) is 0 Å². The van der Waals surface area contributed by atoms with Crippen molar-refractivity contribution in [3.05, 3.63) is 16.1 Å². The molecule has 1 rings (SSSR count). The zero-order valence-electron chi connectivity index (χ0n) is 12.6. The van der Waals surface area contributed by atoms with Gasteiger partial charge in [0.2, 0.25) is 0 Å². The maximum Gasteiger partial charge on any atom is 0.116 e. The molecule has 1 aromatic rings. The lowest BCUT2D eigenvalue weighted by atomic mass is 9.87. The molecule has 0 radical (unpaired) electrons. The molecule has 1 aromatic heterocycles. The van der Waals surface area contributed by atoms with E-state index in [9.17, 15) is 0 Å². The van der Waals surface area contributed by atoms with E-state index < -0.39 is 0 Å².